The van der Waals surface area contributed by atoms with Gasteiger partial charge in [-0.25, -0.2) is 9.37 Å². The molecule has 0 saturated heterocycles. The second kappa shape index (κ2) is 5.01. The summed E-state index contributed by atoms with van der Waals surface area (Å²) in [7, 11) is 0. The van der Waals surface area contributed by atoms with Gasteiger partial charge in [0, 0.05) is 30.0 Å². The predicted octanol–water partition coefficient (Wildman–Crippen LogP) is 4.08. The number of nitrogens with zero attached hydrogens (tertiary/aromatic N) is 1. The molecule has 0 bridgehead atoms. The third-order valence-electron chi connectivity index (χ3n) is 2.94. The van der Waals surface area contributed by atoms with Gasteiger partial charge in [0.2, 0.25) is 0 Å². The number of hydrogen-bond donors (Lipinski definition) is 2. The molecule has 2 aromatic heterocycles. The average molecular weight is 320 g/mol. The second-order valence-corrected chi connectivity index (χ2v) is 5.05. The minimum atomic E-state index is -0.273. The van der Waals surface area contributed by atoms with Gasteiger partial charge in [-0.05, 0) is 51.8 Å². The maximum absolute atomic E-state index is 13.4. The van der Waals surface area contributed by atoms with E-state index in [1.165, 1.54) is 6.07 Å². The van der Waals surface area contributed by atoms with E-state index in [4.69, 9.17) is 0 Å². The first-order valence-corrected chi connectivity index (χ1v) is 6.63. The molecule has 3 nitrogen and oxygen atoms in total. The lowest BCUT2D eigenvalue weighted by Gasteiger charge is -2.06. The minimum absolute atomic E-state index is 0.273. The molecule has 3 rings (SSSR count). The molecule has 0 atom stereocenters. The highest BCUT2D eigenvalue weighted by molar-refractivity contribution is 9.10. The molecule has 1 aromatic carbocycles. The SMILES string of the molecule is Fc1cc(NCc2c[nH]c3ncccc23)ccc1Br. The Morgan fingerprint density at radius 2 is 2.21 bits per heavy atom. The van der Waals surface area contributed by atoms with E-state index >= 15 is 0 Å². The zero-order chi connectivity index (χ0) is 13.2. The summed E-state index contributed by atoms with van der Waals surface area (Å²) in [6, 6.07) is 8.91. The van der Waals surface area contributed by atoms with E-state index in [0.29, 0.717) is 11.0 Å². The summed E-state index contributed by atoms with van der Waals surface area (Å²) >= 11 is 3.14. The van der Waals surface area contributed by atoms with Gasteiger partial charge in [0.15, 0.2) is 0 Å². The molecule has 3 aromatic rings. The van der Waals surface area contributed by atoms with E-state index in [2.05, 4.69) is 31.2 Å². The molecule has 0 fully saturated rings. The van der Waals surface area contributed by atoms with E-state index in [-0.39, 0.29) is 5.82 Å². The highest BCUT2D eigenvalue weighted by atomic mass is 79.9. The first-order chi connectivity index (χ1) is 9.24. The van der Waals surface area contributed by atoms with Gasteiger partial charge in [0.25, 0.3) is 0 Å². The van der Waals surface area contributed by atoms with Crippen LogP contribution in [0.2, 0.25) is 0 Å². The van der Waals surface area contributed by atoms with Crippen molar-refractivity contribution in [1.82, 2.24) is 9.97 Å². The topological polar surface area (TPSA) is 40.7 Å². The monoisotopic (exact) mass is 319 g/mol. The van der Waals surface area contributed by atoms with Crippen LogP contribution in [0.5, 0.6) is 0 Å². The smallest absolute Gasteiger partial charge is 0.139 e. The lowest BCUT2D eigenvalue weighted by Crippen LogP contribution is -1.99. The van der Waals surface area contributed by atoms with Gasteiger partial charge in [-0.1, -0.05) is 0 Å². The maximum atomic E-state index is 13.4. The van der Waals surface area contributed by atoms with Crippen molar-refractivity contribution in [2.24, 2.45) is 0 Å². The zero-order valence-corrected chi connectivity index (χ0v) is 11.5. The summed E-state index contributed by atoms with van der Waals surface area (Å²) in [5, 5.41) is 4.28. The van der Waals surface area contributed by atoms with E-state index in [1.54, 1.807) is 12.3 Å². The number of pyridine rings is 1. The van der Waals surface area contributed by atoms with Crippen LogP contribution < -0.4 is 5.32 Å². The number of hydrogen-bond acceptors (Lipinski definition) is 2. The molecular weight excluding hydrogens is 309 g/mol. The van der Waals surface area contributed by atoms with Crippen molar-refractivity contribution in [3.63, 3.8) is 0 Å². The molecule has 0 saturated carbocycles. The Kier molecular flexibility index (Phi) is 3.21. The summed E-state index contributed by atoms with van der Waals surface area (Å²) < 4.78 is 13.9. The Balaban J connectivity index is 1.80. The average Bonchev–Trinajstić information content (AvgIpc) is 2.83. The normalized spacial score (nSPS) is 10.8. The van der Waals surface area contributed by atoms with Crippen LogP contribution in [0.3, 0.4) is 0 Å². The molecule has 0 spiro atoms. The molecule has 2 N–H and O–H groups in total. The molecule has 0 amide bonds. The Labute approximate surface area is 118 Å². The highest BCUT2D eigenvalue weighted by Crippen LogP contribution is 2.21. The van der Waals surface area contributed by atoms with Gasteiger partial charge in [-0.2, -0.15) is 0 Å². The summed E-state index contributed by atoms with van der Waals surface area (Å²) in [4.78, 5) is 7.35. The van der Waals surface area contributed by atoms with Gasteiger partial charge in [-0.3, -0.25) is 0 Å². The number of halogens is 2. The molecule has 96 valence electrons. The lowest BCUT2D eigenvalue weighted by atomic mass is 10.2. The van der Waals surface area contributed by atoms with E-state index in [0.717, 1.165) is 22.3 Å². The van der Waals surface area contributed by atoms with E-state index < -0.39 is 0 Å². The zero-order valence-electron chi connectivity index (χ0n) is 9.95. The van der Waals surface area contributed by atoms with Crippen molar-refractivity contribution in [2.75, 3.05) is 5.32 Å². The van der Waals surface area contributed by atoms with Gasteiger partial charge in [-0.15, -0.1) is 0 Å². The van der Waals surface area contributed by atoms with Crippen LogP contribution in [0.4, 0.5) is 10.1 Å². The van der Waals surface area contributed by atoms with Gasteiger partial charge in [0.05, 0.1) is 4.47 Å². The molecule has 0 aliphatic heterocycles. The fraction of sp³-hybridized carbons (Fsp3) is 0.0714. The number of benzene rings is 1. The second-order valence-electron chi connectivity index (χ2n) is 4.20. The van der Waals surface area contributed by atoms with Crippen LogP contribution >= 0.6 is 15.9 Å². The number of rotatable bonds is 3. The van der Waals surface area contributed by atoms with Crippen LogP contribution in [0, 0.1) is 5.82 Å². The molecular formula is C14H11BrFN3. The van der Waals surface area contributed by atoms with E-state index in [9.17, 15) is 4.39 Å². The number of aromatic amines is 1. The molecule has 0 unspecified atom stereocenters. The van der Waals surface area contributed by atoms with Gasteiger partial charge >= 0.3 is 0 Å². The first-order valence-electron chi connectivity index (χ1n) is 5.84. The van der Waals surface area contributed by atoms with Crippen molar-refractivity contribution < 1.29 is 4.39 Å². The van der Waals surface area contributed by atoms with Crippen molar-refractivity contribution in [1.29, 1.82) is 0 Å². The van der Waals surface area contributed by atoms with Crippen LogP contribution in [-0.4, -0.2) is 9.97 Å². The van der Waals surface area contributed by atoms with Crippen molar-refractivity contribution in [3.8, 4) is 0 Å². The summed E-state index contributed by atoms with van der Waals surface area (Å²) in [6.45, 7) is 0.618. The summed E-state index contributed by atoms with van der Waals surface area (Å²) in [6.07, 6.45) is 3.67. The Morgan fingerprint density at radius 1 is 1.32 bits per heavy atom. The quantitative estimate of drug-likeness (QED) is 0.763. The Bertz CT molecular complexity index is 724. The number of H-pyrrole nitrogens is 1. The first kappa shape index (κ1) is 12.2. The van der Waals surface area contributed by atoms with Crippen molar-refractivity contribution in [3.05, 3.63) is 58.6 Å². The third-order valence-corrected chi connectivity index (χ3v) is 3.58. The highest BCUT2D eigenvalue weighted by Gasteiger charge is 2.04. The Morgan fingerprint density at radius 3 is 3.05 bits per heavy atom. The molecule has 5 heteroatoms. The molecule has 0 aliphatic carbocycles. The van der Waals surface area contributed by atoms with Crippen molar-refractivity contribution >= 4 is 32.7 Å². The number of aromatic nitrogens is 2. The summed E-state index contributed by atoms with van der Waals surface area (Å²) in [5.74, 6) is -0.273. The number of nitrogens with one attached hydrogen (secondary N) is 2. The fourth-order valence-corrected chi connectivity index (χ4v) is 2.21. The predicted molar refractivity (Wildman–Crippen MR) is 77.5 cm³/mol. The van der Waals surface area contributed by atoms with E-state index in [1.807, 2.05) is 24.4 Å². The fourth-order valence-electron chi connectivity index (χ4n) is 1.96. The van der Waals surface area contributed by atoms with Crippen LogP contribution in [0.1, 0.15) is 5.56 Å². The largest absolute Gasteiger partial charge is 0.381 e. The lowest BCUT2D eigenvalue weighted by molar-refractivity contribution is 0.621. The third kappa shape index (κ3) is 2.46. The minimum Gasteiger partial charge on any atom is -0.381 e. The molecule has 2 heterocycles. The number of anilines is 1. The molecule has 0 aliphatic rings. The number of fused-ring (bicyclic) bond motifs is 1. The van der Waals surface area contributed by atoms with Crippen LogP contribution in [0.25, 0.3) is 11.0 Å². The van der Waals surface area contributed by atoms with Crippen LogP contribution in [0.15, 0.2) is 47.2 Å². The van der Waals surface area contributed by atoms with Gasteiger partial charge < -0.3 is 10.3 Å². The standard InChI is InChI=1S/C14H11BrFN3/c15-12-4-3-10(6-13(12)16)18-7-9-8-19-14-11(9)2-1-5-17-14/h1-6,8,18H,7H2,(H,17,19). The van der Waals surface area contributed by atoms with Gasteiger partial charge in [0.1, 0.15) is 11.5 Å². The molecule has 0 radical (unpaired) electrons. The summed E-state index contributed by atoms with van der Waals surface area (Å²) in [5.41, 5.74) is 2.71. The Hall–Kier alpha value is -1.88. The van der Waals surface area contributed by atoms with Crippen molar-refractivity contribution in [2.45, 2.75) is 6.54 Å². The van der Waals surface area contributed by atoms with Crippen LogP contribution in [-0.2, 0) is 6.54 Å². The maximum Gasteiger partial charge on any atom is 0.139 e. The molecule has 19 heavy (non-hydrogen) atoms.